The minimum absolute atomic E-state index is 0.475. The van der Waals surface area contributed by atoms with Crippen LogP contribution in [0.3, 0.4) is 0 Å². The number of rotatable bonds is 4. The molecule has 0 saturated carbocycles. The van der Waals surface area contributed by atoms with Gasteiger partial charge in [-0.05, 0) is 30.5 Å². The first-order valence-corrected chi connectivity index (χ1v) is 6.64. The first kappa shape index (κ1) is 13.8. The zero-order chi connectivity index (χ0) is 13.8. The van der Waals surface area contributed by atoms with Gasteiger partial charge in [-0.3, -0.25) is 0 Å². The molecule has 0 fully saturated rings. The van der Waals surface area contributed by atoms with E-state index < -0.39 is 0 Å². The highest BCUT2D eigenvalue weighted by molar-refractivity contribution is 6.29. The third-order valence-corrected chi connectivity index (χ3v) is 2.89. The second-order valence-electron chi connectivity index (χ2n) is 4.84. The Hall–Kier alpha value is -1.61. The Morgan fingerprint density at radius 3 is 2.68 bits per heavy atom. The maximum Gasteiger partial charge on any atom is 0.161 e. The molecule has 1 aromatic carbocycles. The quantitative estimate of drug-likeness (QED) is 0.792. The van der Waals surface area contributed by atoms with Crippen molar-refractivity contribution in [3.63, 3.8) is 0 Å². The fourth-order valence-corrected chi connectivity index (χ4v) is 2.08. The van der Waals surface area contributed by atoms with Crippen molar-refractivity contribution in [3.05, 3.63) is 41.2 Å². The van der Waals surface area contributed by atoms with Gasteiger partial charge >= 0.3 is 0 Å². The number of hydrogen-bond acceptors (Lipinski definition) is 3. The number of ether oxygens (including phenoxy) is 1. The number of aromatic nitrogens is 2. The molecule has 0 saturated heterocycles. The van der Waals surface area contributed by atoms with Crippen LogP contribution in [0.2, 0.25) is 5.15 Å². The van der Waals surface area contributed by atoms with Crippen LogP contribution in [0.25, 0.3) is 11.4 Å². The summed E-state index contributed by atoms with van der Waals surface area (Å²) in [7, 11) is 1.64. The van der Waals surface area contributed by atoms with Crippen molar-refractivity contribution in [2.24, 2.45) is 5.92 Å². The summed E-state index contributed by atoms with van der Waals surface area (Å²) in [5.74, 6) is 1.96. The first-order valence-electron chi connectivity index (χ1n) is 6.26. The Morgan fingerprint density at radius 2 is 2.00 bits per heavy atom. The predicted octanol–water partition coefficient (Wildman–Crippen LogP) is 4.00. The van der Waals surface area contributed by atoms with E-state index in [1.807, 2.05) is 30.3 Å². The Kier molecular flexibility index (Phi) is 4.38. The zero-order valence-corrected chi connectivity index (χ0v) is 12.1. The average Bonchev–Trinajstić information content (AvgIpc) is 2.37. The average molecular weight is 277 g/mol. The van der Waals surface area contributed by atoms with E-state index in [0.717, 1.165) is 23.4 Å². The second-order valence-corrected chi connectivity index (χ2v) is 5.22. The van der Waals surface area contributed by atoms with Gasteiger partial charge in [0.05, 0.1) is 7.11 Å². The van der Waals surface area contributed by atoms with Gasteiger partial charge in [0, 0.05) is 11.3 Å². The molecule has 0 spiro atoms. The molecule has 2 aromatic rings. The molecule has 19 heavy (non-hydrogen) atoms. The van der Waals surface area contributed by atoms with Gasteiger partial charge in [0.2, 0.25) is 0 Å². The smallest absolute Gasteiger partial charge is 0.161 e. The van der Waals surface area contributed by atoms with E-state index in [1.165, 1.54) is 0 Å². The fourth-order valence-electron chi connectivity index (χ4n) is 1.88. The summed E-state index contributed by atoms with van der Waals surface area (Å²) in [5.41, 5.74) is 1.87. The Labute approximate surface area is 118 Å². The lowest BCUT2D eigenvalue weighted by Crippen LogP contribution is -2.00. The fraction of sp³-hybridized carbons (Fsp3) is 0.333. The van der Waals surface area contributed by atoms with Crippen LogP contribution in [-0.2, 0) is 6.42 Å². The number of methoxy groups -OCH3 is 1. The van der Waals surface area contributed by atoms with E-state index in [0.29, 0.717) is 16.9 Å². The molecule has 4 heteroatoms. The number of hydrogen-bond donors (Lipinski definition) is 0. The van der Waals surface area contributed by atoms with Gasteiger partial charge in [-0.25, -0.2) is 9.97 Å². The van der Waals surface area contributed by atoms with E-state index in [-0.39, 0.29) is 0 Å². The number of nitrogens with zero attached hydrogens (tertiary/aromatic N) is 2. The molecule has 0 aliphatic rings. The van der Waals surface area contributed by atoms with Crippen molar-refractivity contribution in [2.45, 2.75) is 20.3 Å². The van der Waals surface area contributed by atoms with Crippen molar-refractivity contribution in [1.82, 2.24) is 9.97 Å². The van der Waals surface area contributed by atoms with Gasteiger partial charge in [0.25, 0.3) is 0 Å². The highest BCUT2D eigenvalue weighted by Crippen LogP contribution is 2.23. The molecule has 1 heterocycles. The van der Waals surface area contributed by atoms with Crippen LogP contribution in [0, 0.1) is 5.92 Å². The maximum absolute atomic E-state index is 6.07. The van der Waals surface area contributed by atoms with E-state index in [1.54, 1.807) is 7.11 Å². The largest absolute Gasteiger partial charge is 0.497 e. The van der Waals surface area contributed by atoms with Crippen LogP contribution >= 0.6 is 11.6 Å². The SMILES string of the molecule is COc1cccc(-c2nc(Cl)cc(CC(C)C)n2)c1. The van der Waals surface area contributed by atoms with E-state index in [9.17, 15) is 0 Å². The third-order valence-electron chi connectivity index (χ3n) is 2.69. The van der Waals surface area contributed by atoms with Crippen LogP contribution in [0.1, 0.15) is 19.5 Å². The first-order chi connectivity index (χ1) is 9.08. The predicted molar refractivity (Wildman–Crippen MR) is 77.6 cm³/mol. The van der Waals surface area contributed by atoms with Crippen molar-refractivity contribution in [1.29, 1.82) is 0 Å². The van der Waals surface area contributed by atoms with Crippen molar-refractivity contribution in [2.75, 3.05) is 7.11 Å². The van der Waals surface area contributed by atoms with Crippen LogP contribution in [-0.4, -0.2) is 17.1 Å². The second kappa shape index (κ2) is 6.02. The van der Waals surface area contributed by atoms with Gasteiger partial charge in [-0.1, -0.05) is 37.6 Å². The van der Waals surface area contributed by atoms with Crippen molar-refractivity contribution in [3.8, 4) is 17.1 Å². The zero-order valence-electron chi connectivity index (χ0n) is 11.4. The molecule has 0 aliphatic carbocycles. The summed E-state index contributed by atoms with van der Waals surface area (Å²) in [5, 5.41) is 0.475. The summed E-state index contributed by atoms with van der Waals surface area (Å²) in [6, 6.07) is 9.49. The lowest BCUT2D eigenvalue weighted by Gasteiger charge is -2.08. The molecular weight excluding hydrogens is 260 g/mol. The van der Waals surface area contributed by atoms with Crippen molar-refractivity contribution < 1.29 is 4.74 Å². The van der Waals surface area contributed by atoms with Gasteiger partial charge in [0.1, 0.15) is 10.9 Å². The van der Waals surface area contributed by atoms with E-state index in [4.69, 9.17) is 16.3 Å². The standard InChI is InChI=1S/C15H17ClN2O/c1-10(2)7-12-9-14(16)18-15(17-12)11-5-4-6-13(8-11)19-3/h4-6,8-10H,7H2,1-3H3. The molecule has 0 atom stereocenters. The summed E-state index contributed by atoms with van der Waals surface area (Å²) in [6.07, 6.45) is 0.888. The molecule has 1 aromatic heterocycles. The molecule has 3 nitrogen and oxygen atoms in total. The van der Waals surface area contributed by atoms with Crippen LogP contribution in [0.4, 0.5) is 0 Å². The Morgan fingerprint density at radius 1 is 1.21 bits per heavy atom. The number of benzene rings is 1. The summed E-state index contributed by atoms with van der Waals surface area (Å²) in [6.45, 7) is 4.31. The van der Waals surface area contributed by atoms with Gasteiger partial charge in [0.15, 0.2) is 5.82 Å². The summed E-state index contributed by atoms with van der Waals surface area (Å²) >= 11 is 6.07. The van der Waals surface area contributed by atoms with E-state index >= 15 is 0 Å². The maximum atomic E-state index is 6.07. The van der Waals surface area contributed by atoms with Crippen molar-refractivity contribution >= 4 is 11.6 Å². The highest BCUT2D eigenvalue weighted by atomic mass is 35.5. The molecule has 0 bridgehead atoms. The molecular formula is C15H17ClN2O. The monoisotopic (exact) mass is 276 g/mol. The molecule has 100 valence electrons. The Bertz CT molecular complexity index is 570. The third kappa shape index (κ3) is 3.67. The topological polar surface area (TPSA) is 35.0 Å². The molecule has 0 unspecified atom stereocenters. The lowest BCUT2D eigenvalue weighted by atomic mass is 10.1. The normalized spacial score (nSPS) is 10.8. The van der Waals surface area contributed by atoms with Crippen LogP contribution < -0.4 is 4.74 Å². The minimum Gasteiger partial charge on any atom is -0.497 e. The van der Waals surface area contributed by atoms with Crippen LogP contribution in [0.5, 0.6) is 5.75 Å². The summed E-state index contributed by atoms with van der Waals surface area (Å²) < 4.78 is 5.21. The van der Waals surface area contributed by atoms with E-state index in [2.05, 4.69) is 23.8 Å². The molecule has 0 N–H and O–H groups in total. The lowest BCUT2D eigenvalue weighted by molar-refractivity contribution is 0.415. The van der Waals surface area contributed by atoms with Gasteiger partial charge < -0.3 is 4.74 Å². The van der Waals surface area contributed by atoms with Gasteiger partial charge in [-0.2, -0.15) is 0 Å². The molecule has 0 amide bonds. The molecule has 0 aliphatic heterocycles. The summed E-state index contributed by atoms with van der Waals surface area (Å²) in [4.78, 5) is 8.85. The Balaban J connectivity index is 2.40. The highest BCUT2D eigenvalue weighted by Gasteiger charge is 2.08. The van der Waals surface area contributed by atoms with Crippen LogP contribution in [0.15, 0.2) is 30.3 Å². The van der Waals surface area contributed by atoms with Gasteiger partial charge in [-0.15, -0.1) is 0 Å². The molecule has 0 radical (unpaired) electrons. The number of halogens is 1. The minimum atomic E-state index is 0.475. The molecule has 2 rings (SSSR count).